The molecule has 0 aliphatic carbocycles. The van der Waals surface area contributed by atoms with Crippen molar-refractivity contribution < 1.29 is 14.3 Å². The predicted molar refractivity (Wildman–Crippen MR) is 115 cm³/mol. The van der Waals surface area contributed by atoms with Crippen molar-refractivity contribution in [3.63, 3.8) is 0 Å². The van der Waals surface area contributed by atoms with E-state index in [0.717, 1.165) is 24.5 Å². The number of aliphatic imine (C=N–C) groups is 1. The molecule has 0 saturated carbocycles. The zero-order valence-electron chi connectivity index (χ0n) is 16.1. The number of carbonyl (C=O) groups is 1. The summed E-state index contributed by atoms with van der Waals surface area (Å²) in [6, 6.07) is 7.57. The third kappa shape index (κ3) is 9.93. The lowest BCUT2D eigenvalue weighted by Gasteiger charge is -2.13. The Bertz CT molecular complexity index is 536. The lowest BCUT2D eigenvalue weighted by Crippen LogP contribution is -2.37. The molecule has 1 amide bonds. The first kappa shape index (κ1) is 24.6. The summed E-state index contributed by atoms with van der Waals surface area (Å²) in [5.74, 6) is 0.745. The minimum Gasteiger partial charge on any atom is -0.382 e. The smallest absolute Gasteiger partial charge is 0.253 e. The summed E-state index contributed by atoms with van der Waals surface area (Å²) in [6.07, 6.45) is 0.895. The second kappa shape index (κ2) is 14.7. The lowest BCUT2D eigenvalue weighted by atomic mass is 10.1. The summed E-state index contributed by atoms with van der Waals surface area (Å²) in [6.45, 7) is 3.35. The van der Waals surface area contributed by atoms with E-state index in [0.29, 0.717) is 31.9 Å². The second-order valence-corrected chi connectivity index (χ2v) is 5.71. The van der Waals surface area contributed by atoms with Crippen molar-refractivity contribution in [2.75, 3.05) is 54.6 Å². The standard InChI is InChI=1S/C18H30N4O3.HI/c1-19-18(20-10-5-11-25-13-12-24-4)21-14-15-6-8-16(9-7-15)17(23)22(2)3;/h6-9H,5,10-14H2,1-4H3,(H2,19,20,21);1H. The number of hydrogen-bond donors (Lipinski definition) is 2. The van der Waals surface area contributed by atoms with Crippen molar-refractivity contribution in [3.05, 3.63) is 35.4 Å². The number of hydrogen-bond acceptors (Lipinski definition) is 4. The number of halogens is 1. The Labute approximate surface area is 173 Å². The first-order chi connectivity index (χ1) is 12.1. The summed E-state index contributed by atoms with van der Waals surface area (Å²) in [7, 11) is 6.89. The molecule has 148 valence electrons. The Morgan fingerprint density at radius 1 is 1.12 bits per heavy atom. The second-order valence-electron chi connectivity index (χ2n) is 5.71. The van der Waals surface area contributed by atoms with Gasteiger partial charge in [-0.3, -0.25) is 9.79 Å². The SMILES string of the molecule is CN=C(NCCCOCCOC)NCc1ccc(C(=O)N(C)C)cc1.I. The maximum atomic E-state index is 11.9. The highest BCUT2D eigenvalue weighted by Gasteiger charge is 2.07. The molecule has 0 atom stereocenters. The molecule has 8 heteroatoms. The van der Waals surface area contributed by atoms with Crippen LogP contribution in [0.4, 0.5) is 0 Å². The van der Waals surface area contributed by atoms with E-state index in [1.807, 2.05) is 24.3 Å². The van der Waals surface area contributed by atoms with Crippen LogP contribution in [0, 0.1) is 0 Å². The third-order valence-electron chi connectivity index (χ3n) is 3.48. The number of rotatable bonds is 10. The fourth-order valence-corrected chi connectivity index (χ4v) is 2.06. The van der Waals surface area contributed by atoms with E-state index in [-0.39, 0.29) is 29.9 Å². The van der Waals surface area contributed by atoms with Gasteiger partial charge in [-0.25, -0.2) is 0 Å². The number of ether oxygens (including phenoxy) is 2. The molecule has 0 aliphatic heterocycles. The van der Waals surface area contributed by atoms with Crippen molar-refractivity contribution in [2.45, 2.75) is 13.0 Å². The molecule has 1 aromatic carbocycles. The van der Waals surface area contributed by atoms with Crippen molar-refractivity contribution in [2.24, 2.45) is 4.99 Å². The Balaban J connectivity index is 0.00000625. The van der Waals surface area contributed by atoms with Gasteiger partial charge in [0.05, 0.1) is 13.2 Å². The summed E-state index contributed by atoms with van der Waals surface area (Å²) >= 11 is 0. The van der Waals surface area contributed by atoms with Gasteiger partial charge < -0.3 is 25.0 Å². The van der Waals surface area contributed by atoms with E-state index < -0.39 is 0 Å². The van der Waals surface area contributed by atoms with Gasteiger partial charge in [-0.1, -0.05) is 12.1 Å². The molecular formula is C18H31IN4O3. The van der Waals surface area contributed by atoms with Crippen LogP contribution in [0.1, 0.15) is 22.3 Å². The Morgan fingerprint density at radius 3 is 2.38 bits per heavy atom. The first-order valence-electron chi connectivity index (χ1n) is 8.40. The molecule has 0 heterocycles. The molecular weight excluding hydrogens is 447 g/mol. The van der Waals surface area contributed by atoms with Gasteiger partial charge in [0.1, 0.15) is 0 Å². The molecule has 0 fully saturated rings. The van der Waals surface area contributed by atoms with E-state index in [1.165, 1.54) is 0 Å². The van der Waals surface area contributed by atoms with Gasteiger partial charge in [-0.2, -0.15) is 0 Å². The quantitative estimate of drug-likeness (QED) is 0.232. The van der Waals surface area contributed by atoms with Crippen LogP contribution in [-0.4, -0.2) is 71.4 Å². The number of carbonyl (C=O) groups excluding carboxylic acids is 1. The maximum absolute atomic E-state index is 11.9. The third-order valence-corrected chi connectivity index (χ3v) is 3.48. The minimum atomic E-state index is 0. The van der Waals surface area contributed by atoms with Crippen molar-refractivity contribution in [1.29, 1.82) is 0 Å². The van der Waals surface area contributed by atoms with E-state index in [4.69, 9.17) is 9.47 Å². The summed E-state index contributed by atoms with van der Waals surface area (Å²) in [5.41, 5.74) is 1.77. The predicted octanol–water partition coefficient (Wildman–Crippen LogP) is 1.72. The number of methoxy groups -OCH3 is 1. The van der Waals surface area contributed by atoms with E-state index in [1.54, 1.807) is 33.2 Å². The van der Waals surface area contributed by atoms with E-state index in [9.17, 15) is 4.79 Å². The van der Waals surface area contributed by atoms with Gasteiger partial charge in [0.2, 0.25) is 0 Å². The van der Waals surface area contributed by atoms with Crippen LogP contribution in [0.15, 0.2) is 29.3 Å². The van der Waals surface area contributed by atoms with Gasteiger partial charge >= 0.3 is 0 Å². The molecule has 0 aliphatic rings. The van der Waals surface area contributed by atoms with E-state index >= 15 is 0 Å². The molecule has 2 N–H and O–H groups in total. The molecule has 1 aromatic rings. The zero-order valence-corrected chi connectivity index (χ0v) is 18.4. The highest BCUT2D eigenvalue weighted by Crippen LogP contribution is 2.06. The van der Waals surface area contributed by atoms with E-state index in [2.05, 4.69) is 15.6 Å². The first-order valence-corrected chi connectivity index (χ1v) is 8.40. The van der Waals surface area contributed by atoms with Gasteiger partial charge in [0.15, 0.2) is 5.96 Å². The summed E-state index contributed by atoms with van der Waals surface area (Å²) in [5, 5.41) is 6.49. The normalized spacial score (nSPS) is 10.8. The Kier molecular flexibility index (Phi) is 14.0. The van der Waals surface area contributed by atoms with Crippen molar-refractivity contribution in [3.8, 4) is 0 Å². The highest BCUT2D eigenvalue weighted by molar-refractivity contribution is 14.0. The molecule has 26 heavy (non-hydrogen) atoms. The number of benzene rings is 1. The largest absolute Gasteiger partial charge is 0.382 e. The van der Waals surface area contributed by atoms with Crippen LogP contribution >= 0.6 is 24.0 Å². The average molecular weight is 478 g/mol. The number of nitrogens with zero attached hydrogens (tertiary/aromatic N) is 2. The fraction of sp³-hybridized carbons (Fsp3) is 0.556. The van der Waals surface area contributed by atoms with Crippen LogP contribution in [0.5, 0.6) is 0 Å². The molecule has 0 saturated heterocycles. The molecule has 0 unspecified atom stereocenters. The molecule has 7 nitrogen and oxygen atoms in total. The van der Waals surface area contributed by atoms with Crippen LogP contribution < -0.4 is 10.6 Å². The Hall–Kier alpha value is -1.39. The van der Waals surface area contributed by atoms with Crippen LogP contribution in [0.3, 0.4) is 0 Å². The number of guanidine groups is 1. The van der Waals surface area contributed by atoms with Crippen molar-refractivity contribution >= 4 is 35.8 Å². The summed E-state index contributed by atoms with van der Waals surface area (Å²) in [4.78, 5) is 17.6. The molecule has 0 radical (unpaired) electrons. The lowest BCUT2D eigenvalue weighted by molar-refractivity contribution is 0.0698. The number of amides is 1. The average Bonchev–Trinajstić information content (AvgIpc) is 2.63. The topological polar surface area (TPSA) is 75.2 Å². The molecule has 0 spiro atoms. The van der Waals surface area contributed by atoms with Crippen LogP contribution in [-0.2, 0) is 16.0 Å². The molecule has 0 bridgehead atoms. The fourth-order valence-electron chi connectivity index (χ4n) is 2.06. The maximum Gasteiger partial charge on any atom is 0.253 e. The van der Waals surface area contributed by atoms with Gasteiger partial charge in [0.25, 0.3) is 5.91 Å². The van der Waals surface area contributed by atoms with Crippen LogP contribution in [0.2, 0.25) is 0 Å². The van der Waals surface area contributed by atoms with Crippen molar-refractivity contribution in [1.82, 2.24) is 15.5 Å². The van der Waals surface area contributed by atoms with Gasteiger partial charge in [-0.05, 0) is 24.1 Å². The minimum absolute atomic E-state index is 0. The van der Waals surface area contributed by atoms with Gasteiger partial charge in [0, 0.05) is 53.5 Å². The monoisotopic (exact) mass is 478 g/mol. The summed E-state index contributed by atoms with van der Waals surface area (Å²) < 4.78 is 10.3. The zero-order chi connectivity index (χ0) is 18.5. The van der Waals surface area contributed by atoms with Gasteiger partial charge in [-0.15, -0.1) is 24.0 Å². The Morgan fingerprint density at radius 2 is 1.81 bits per heavy atom. The number of nitrogens with one attached hydrogen (secondary N) is 2. The molecule has 1 rings (SSSR count). The molecule has 0 aromatic heterocycles. The van der Waals surface area contributed by atoms with Crippen LogP contribution in [0.25, 0.3) is 0 Å². The highest BCUT2D eigenvalue weighted by atomic mass is 127.